The number of hydrogen-bond acceptors (Lipinski definition) is 5. The van der Waals surface area contributed by atoms with E-state index in [0.29, 0.717) is 42.8 Å². The first-order valence-corrected chi connectivity index (χ1v) is 8.13. The predicted molar refractivity (Wildman–Crippen MR) is 86.9 cm³/mol. The lowest BCUT2D eigenvalue weighted by atomic mass is 10.0. The van der Waals surface area contributed by atoms with E-state index in [4.69, 9.17) is 25.8 Å². The first-order valence-electron chi connectivity index (χ1n) is 7.75. The van der Waals surface area contributed by atoms with E-state index in [1.54, 1.807) is 25.3 Å². The first-order chi connectivity index (χ1) is 11.1. The van der Waals surface area contributed by atoms with E-state index in [2.05, 4.69) is 5.32 Å². The fraction of sp³-hybridized carbons (Fsp3) is 0.562. The monoisotopic (exact) mass is 340 g/mol. The molecule has 0 unspecified atom stereocenters. The van der Waals surface area contributed by atoms with Gasteiger partial charge in [-0.25, -0.2) is 0 Å². The highest BCUT2D eigenvalue weighted by Gasteiger charge is 2.40. The zero-order chi connectivity index (χ0) is 16.3. The van der Waals surface area contributed by atoms with E-state index < -0.39 is 5.79 Å². The van der Waals surface area contributed by atoms with Crippen molar-refractivity contribution < 1.29 is 19.0 Å². The van der Waals surface area contributed by atoms with Crippen molar-refractivity contribution in [3.05, 3.63) is 23.2 Å². The Kier molecular flexibility index (Phi) is 4.94. The Morgan fingerprint density at radius 2 is 2.04 bits per heavy atom. The second-order valence-electron chi connectivity index (χ2n) is 5.69. The van der Waals surface area contributed by atoms with Gasteiger partial charge in [0.15, 0.2) is 5.79 Å². The van der Waals surface area contributed by atoms with Crippen molar-refractivity contribution in [3.63, 3.8) is 0 Å². The SMILES string of the molecule is COc1ccc(Cl)cc1NCC(=O)N1CCC2(CC1)OCCO2. The lowest BCUT2D eigenvalue weighted by Crippen LogP contribution is -2.48. The molecule has 2 fully saturated rings. The van der Waals surface area contributed by atoms with Crippen LogP contribution in [0.1, 0.15) is 12.8 Å². The minimum atomic E-state index is -0.458. The second kappa shape index (κ2) is 6.95. The molecule has 2 saturated heterocycles. The van der Waals surface area contributed by atoms with Crippen LogP contribution in [0.3, 0.4) is 0 Å². The number of carbonyl (C=O) groups excluding carboxylic acids is 1. The van der Waals surface area contributed by atoms with Crippen molar-refractivity contribution >= 4 is 23.2 Å². The fourth-order valence-electron chi connectivity index (χ4n) is 2.98. The molecule has 2 heterocycles. The number of methoxy groups -OCH3 is 1. The summed E-state index contributed by atoms with van der Waals surface area (Å²) in [5.74, 6) is 0.243. The van der Waals surface area contributed by atoms with Gasteiger partial charge >= 0.3 is 0 Å². The summed E-state index contributed by atoms with van der Waals surface area (Å²) in [4.78, 5) is 14.2. The minimum absolute atomic E-state index is 0.0416. The van der Waals surface area contributed by atoms with E-state index in [1.165, 1.54) is 0 Å². The molecule has 0 aliphatic carbocycles. The number of anilines is 1. The molecule has 1 spiro atoms. The van der Waals surface area contributed by atoms with Crippen molar-refractivity contribution in [2.24, 2.45) is 0 Å². The maximum absolute atomic E-state index is 12.4. The van der Waals surface area contributed by atoms with Crippen LogP contribution in [-0.4, -0.2) is 56.6 Å². The van der Waals surface area contributed by atoms with E-state index in [9.17, 15) is 4.79 Å². The topological polar surface area (TPSA) is 60.0 Å². The number of nitrogens with zero attached hydrogens (tertiary/aromatic N) is 1. The van der Waals surface area contributed by atoms with Gasteiger partial charge in [0.25, 0.3) is 0 Å². The zero-order valence-electron chi connectivity index (χ0n) is 13.1. The molecule has 0 bridgehead atoms. The van der Waals surface area contributed by atoms with Gasteiger partial charge in [-0.1, -0.05) is 11.6 Å². The summed E-state index contributed by atoms with van der Waals surface area (Å²) in [5.41, 5.74) is 0.712. The number of rotatable bonds is 4. The van der Waals surface area contributed by atoms with Crippen LogP contribution in [0.15, 0.2) is 18.2 Å². The predicted octanol–water partition coefficient (Wildman–Crippen LogP) is 2.13. The molecule has 7 heteroatoms. The number of amides is 1. The molecule has 1 aromatic rings. The number of ether oxygens (including phenoxy) is 3. The number of nitrogens with one attached hydrogen (secondary N) is 1. The molecule has 0 atom stereocenters. The Hall–Kier alpha value is -1.50. The zero-order valence-corrected chi connectivity index (χ0v) is 13.9. The molecular weight excluding hydrogens is 320 g/mol. The van der Waals surface area contributed by atoms with Gasteiger partial charge in [0, 0.05) is 31.0 Å². The number of benzene rings is 1. The molecule has 23 heavy (non-hydrogen) atoms. The van der Waals surface area contributed by atoms with Crippen LogP contribution in [0.4, 0.5) is 5.69 Å². The lowest BCUT2D eigenvalue weighted by molar-refractivity contribution is -0.187. The van der Waals surface area contributed by atoms with Gasteiger partial charge in [-0.15, -0.1) is 0 Å². The van der Waals surface area contributed by atoms with Crippen molar-refractivity contribution in [1.82, 2.24) is 4.90 Å². The highest BCUT2D eigenvalue weighted by molar-refractivity contribution is 6.30. The summed E-state index contributed by atoms with van der Waals surface area (Å²) in [6.07, 6.45) is 1.44. The summed E-state index contributed by atoms with van der Waals surface area (Å²) in [6.45, 7) is 2.78. The number of piperidine rings is 1. The van der Waals surface area contributed by atoms with Crippen molar-refractivity contribution in [2.45, 2.75) is 18.6 Å². The number of likely N-dealkylation sites (tertiary alicyclic amines) is 1. The molecule has 2 aliphatic rings. The van der Waals surface area contributed by atoms with E-state index in [-0.39, 0.29) is 12.5 Å². The largest absolute Gasteiger partial charge is 0.495 e. The van der Waals surface area contributed by atoms with Crippen LogP contribution < -0.4 is 10.1 Å². The summed E-state index contributed by atoms with van der Waals surface area (Å²) < 4.78 is 16.6. The molecule has 1 N–H and O–H groups in total. The molecule has 3 rings (SSSR count). The number of carbonyl (C=O) groups is 1. The van der Waals surface area contributed by atoms with Gasteiger partial charge in [-0.3, -0.25) is 4.79 Å². The first kappa shape index (κ1) is 16.4. The Morgan fingerprint density at radius 3 is 2.70 bits per heavy atom. The molecule has 0 radical (unpaired) electrons. The molecular formula is C16H21ClN2O4. The summed E-state index contributed by atoms with van der Waals surface area (Å²) in [7, 11) is 1.59. The number of halogens is 1. The van der Waals surface area contributed by atoms with Crippen LogP contribution in [0.2, 0.25) is 5.02 Å². The average Bonchev–Trinajstić information content (AvgIpc) is 3.01. The highest BCUT2D eigenvalue weighted by Crippen LogP contribution is 2.31. The molecule has 1 amide bonds. The van der Waals surface area contributed by atoms with E-state index >= 15 is 0 Å². The van der Waals surface area contributed by atoms with Crippen LogP contribution >= 0.6 is 11.6 Å². The van der Waals surface area contributed by atoms with Crippen molar-refractivity contribution in [2.75, 3.05) is 45.3 Å². The Bertz CT molecular complexity index is 565. The molecule has 0 saturated carbocycles. The maximum Gasteiger partial charge on any atom is 0.241 e. The molecule has 2 aliphatic heterocycles. The van der Waals surface area contributed by atoms with Gasteiger partial charge < -0.3 is 24.4 Å². The molecule has 126 valence electrons. The minimum Gasteiger partial charge on any atom is -0.495 e. The van der Waals surface area contributed by atoms with Crippen LogP contribution in [0.25, 0.3) is 0 Å². The standard InChI is InChI=1S/C16H21ClN2O4/c1-21-14-3-2-12(17)10-13(14)18-11-15(20)19-6-4-16(5-7-19)22-8-9-23-16/h2-3,10,18H,4-9,11H2,1H3. The van der Waals surface area contributed by atoms with Gasteiger partial charge in [0.1, 0.15) is 5.75 Å². The fourth-order valence-corrected chi connectivity index (χ4v) is 3.16. The highest BCUT2D eigenvalue weighted by atomic mass is 35.5. The van der Waals surface area contributed by atoms with Gasteiger partial charge in [0.2, 0.25) is 5.91 Å². The average molecular weight is 341 g/mol. The van der Waals surface area contributed by atoms with Gasteiger partial charge in [-0.05, 0) is 18.2 Å². The normalized spacial score (nSPS) is 19.8. The van der Waals surface area contributed by atoms with E-state index in [1.807, 2.05) is 4.90 Å². The third-order valence-corrected chi connectivity index (χ3v) is 4.52. The summed E-state index contributed by atoms with van der Waals surface area (Å²) >= 11 is 5.99. The smallest absolute Gasteiger partial charge is 0.241 e. The quantitative estimate of drug-likeness (QED) is 0.909. The maximum atomic E-state index is 12.4. The Balaban J connectivity index is 1.53. The van der Waals surface area contributed by atoms with Gasteiger partial charge in [-0.2, -0.15) is 0 Å². The third-order valence-electron chi connectivity index (χ3n) is 4.28. The number of hydrogen-bond donors (Lipinski definition) is 1. The van der Waals surface area contributed by atoms with Crippen molar-refractivity contribution in [1.29, 1.82) is 0 Å². The Morgan fingerprint density at radius 1 is 1.35 bits per heavy atom. The van der Waals surface area contributed by atoms with Crippen molar-refractivity contribution in [3.8, 4) is 5.75 Å². The Labute approximate surface area is 140 Å². The molecule has 1 aromatic carbocycles. The third kappa shape index (κ3) is 3.71. The van der Waals surface area contributed by atoms with E-state index in [0.717, 1.165) is 12.8 Å². The molecule has 0 aromatic heterocycles. The lowest BCUT2D eigenvalue weighted by Gasteiger charge is -2.37. The van der Waals surface area contributed by atoms with Crippen LogP contribution in [0, 0.1) is 0 Å². The van der Waals surface area contributed by atoms with Gasteiger partial charge in [0.05, 0.1) is 32.6 Å². The summed E-state index contributed by atoms with van der Waals surface area (Å²) in [6, 6.07) is 5.27. The second-order valence-corrected chi connectivity index (χ2v) is 6.12. The van der Waals surface area contributed by atoms with Crippen LogP contribution in [0.5, 0.6) is 5.75 Å². The van der Waals surface area contributed by atoms with Crippen LogP contribution in [-0.2, 0) is 14.3 Å². The molecule has 6 nitrogen and oxygen atoms in total. The summed E-state index contributed by atoms with van der Waals surface area (Å²) in [5, 5.41) is 3.69.